The maximum Gasteiger partial charge on any atom is 0.189 e. The van der Waals surface area contributed by atoms with Gasteiger partial charge < -0.3 is 23.6 Å². The molecule has 0 amide bonds. The molecule has 1 aromatic heterocycles. The number of methoxy groups -OCH3 is 2. The van der Waals surface area contributed by atoms with E-state index in [4.69, 9.17) is 23.6 Å². The van der Waals surface area contributed by atoms with Crippen molar-refractivity contribution in [3.05, 3.63) is 42.7 Å². The maximum atomic E-state index is 5.55. The van der Waals surface area contributed by atoms with Gasteiger partial charge in [0.1, 0.15) is 12.0 Å². The Morgan fingerprint density at radius 3 is 2.64 bits per heavy atom. The van der Waals surface area contributed by atoms with Crippen LogP contribution in [0.3, 0.4) is 0 Å². The molecule has 0 fully saturated rings. The molecule has 25 heavy (non-hydrogen) atoms. The fourth-order valence-electron chi connectivity index (χ4n) is 2.72. The van der Waals surface area contributed by atoms with Crippen molar-refractivity contribution >= 4 is 0 Å². The number of fused-ring (bicyclic) bond motifs is 1. The molecule has 7 heteroatoms. The van der Waals surface area contributed by atoms with Crippen molar-refractivity contribution < 1.29 is 23.6 Å². The lowest BCUT2D eigenvalue weighted by Crippen LogP contribution is -2.28. The maximum absolute atomic E-state index is 5.55. The minimum Gasteiger partial charge on any atom is -0.493 e. The fraction of sp³-hybridized carbons (Fsp3) is 0.167. The van der Waals surface area contributed by atoms with Gasteiger partial charge in [0.15, 0.2) is 29.7 Å². The van der Waals surface area contributed by atoms with Crippen molar-refractivity contribution in [2.24, 2.45) is 0 Å². The van der Waals surface area contributed by atoms with Crippen LogP contribution in [-0.4, -0.2) is 26.1 Å². The van der Waals surface area contributed by atoms with Crippen molar-refractivity contribution in [2.75, 3.05) is 21.0 Å². The highest BCUT2D eigenvalue weighted by Crippen LogP contribution is 2.39. The van der Waals surface area contributed by atoms with E-state index < -0.39 is 0 Å². The summed E-state index contributed by atoms with van der Waals surface area (Å²) in [7, 11) is 3.20. The number of hydroxylamine groups is 1. The monoisotopic (exact) mass is 340 g/mol. The van der Waals surface area contributed by atoms with Crippen molar-refractivity contribution in [2.45, 2.75) is 0 Å². The van der Waals surface area contributed by atoms with E-state index in [1.165, 1.54) is 0 Å². The highest BCUT2D eigenvalue weighted by atomic mass is 16.7. The lowest BCUT2D eigenvalue weighted by Gasteiger charge is -2.18. The van der Waals surface area contributed by atoms with Gasteiger partial charge in [-0.05, 0) is 35.9 Å². The van der Waals surface area contributed by atoms with Crippen LogP contribution in [0.1, 0.15) is 0 Å². The normalized spacial score (nSPS) is 12.7. The van der Waals surface area contributed by atoms with E-state index >= 15 is 0 Å². The summed E-state index contributed by atoms with van der Waals surface area (Å²) in [5, 5.41) is 4.15. The van der Waals surface area contributed by atoms with E-state index in [9.17, 15) is 0 Å². The first-order valence-corrected chi connectivity index (χ1v) is 7.64. The number of rotatable bonds is 4. The van der Waals surface area contributed by atoms with Gasteiger partial charge in [-0.1, -0.05) is 11.2 Å². The Kier molecular flexibility index (Phi) is 3.91. The van der Waals surface area contributed by atoms with Gasteiger partial charge in [0, 0.05) is 11.1 Å². The highest BCUT2D eigenvalue weighted by Gasteiger charge is 2.18. The summed E-state index contributed by atoms with van der Waals surface area (Å²) in [6.07, 6.45) is 1.61. The quantitative estimate of drug-likeness (QED) is 0.781. The lowest BCUT2D eigenvalue weighted by molar-refractivity contribution is 0.0767. The fourth-order valence-corrected chi connectivity index (χ4v) is 2.72. The zero-order valence-corrected chi connectivity index (χ0v) is 13.7. The zero-order valence-electron chi connectivity index (χ0n) is 13.7. The number of aromatic nitrogens is 1. The molecule has 1 N–H and O–H groups in total. The smallest absolute Gasteiger partial charge is 0.189 e. The molecule has 0 bridgehead atoms. The number of hydrogen-bond acceptors (Lipinski definition) is 7. The van der Waals surface area contributed by atoms with Crippen LogP contribution in [0.15, 0.2) is 47.2 Å². The summed E-state index contributed by atoms with van der Waals surface area (Å²) in [4.78, 5) is 5.32. The SMILES string of the molecule is COc1ccc(-c2nocc2-c2ccc3c(c2)OCNO3)cc1OC. The van der Waals surface area contributed by atoms with Crippen LogP contribution in [0.2, 0.25) is 0 Å². The van der Waals surface area contributed by atoms with Crippen LogP contribution >= 0.6 is 0 Å². The Balaban J connectivity index is 1.76. The topological polar surface area (TPSA) is 75.0 Å². The molecule has 0 spiro atoms. The third-order valence-corrected chi connectivity index (χ3v) is 3.95. The summed E-state index contributed by atoms with van der Waals surface area (Å²) in [5.74, 6) is 2.58. The summed E-state index contributed by atoms with van der Waals surface area (Å²) in [6, 6.07) is 11.3. The molecule has 1 aliphatic heterocycles. The third-order valence-electron chi connectivity index (χ3n) is 3.95. The van der Waals surface area contributed by atoms with E-state index in [1.54, 1.807) is 20.5 Å². The van der Waals surface area contributed by atoms with Crippen LogP contribution < -0.4 is 24.5 Å². The first-order chi connectivity index (χ1) is 12.3. The number of ether oxygens (including phenoxy) is 3. The van der Waals surface area contributed by atoms with Gasteiger partial charge in [-0.25, -0.2) is 0 Å². The predicted molar refractivity (Wildman–Crippen MR) is 89.7 cm³/mol. The third kappa shape index (κ3) is 2.74. The molecule has 4 rings (SSSR count). The minimum atomic E-state index is 0.294. The molecule has 128 valence electrons. The molecule has 3 aromatic rings. The van der Waals surface area contributed by atoms with Crippen LogP contribution in [0.5, 0.6) is 23.0 Å². The Hall–Kier alpha value is -3.19. The summed E-state index contributed by atoms with van der Waals surface area (Å²) in [6.45, 7) is 0.294. The van der Waals surface area contributed by atoms with Crippen molar-refractivity contribution in [3.63, 3.8) is 0 Å². The van der Waals surface area contributed by atoms with Crippen molar-refractivity contribution in [3.8, 4) is 45.4 Å². The number of nitrogens with zero attached hydrogens (tertiary/aromatic N) is 1. The van der Waals surface area contributed by atoms with Gasteiger partial charge in [0.2, 0.25) is 0 Å². The number of hydrogen-bond donors (Lipinski definition) is 1. The molecule has 0 unspecified atom stereocenters. The van der Waals surface area contributed by atoms with E-state index in [1.807, 2.05) is 36.4 Å². The van der Waals surface area contributed by atoms with E-state index in [0.29, 0.717) is 35.4 Å². The molecule has 7 nitrogen and oxygen atoms in total. The van der Waals surface area contributed by atoms with Crippen molar-refractivity contribution in [1.29, 1.82) is 0 Å². The second-order valence-corrected chi connectivity index (χ2v) is 5.34. The number of benzene rings is 2. The van der Waals surface area contributed by atoms with Gasteiger partial charge in [-0.15, -0.1) is 5.48 Å². The Morgan fingerprint density at radius 1 is 0.960 bits per heavy atom. The van der Waals surface area contributed by atoms with Crippen LogP contribution in [0.4, 0.5) is 0 Å². The molecule has 0 saturated heterocycles. The molecule has 2 heterocycles. The largest absolute Gasteiger partial charge is 0.493 e. The second-order valence-electron chi connectivity index (χ2n) is 5.34. The molecule has 1 aliphatic rings. The van der Waals surface area contributed by atoms with Gasteiger partial charge in [-0.2, -0.15) is 0 Å². The first kappa shape index (κ1) is 15.3. The Bertz CT molecular complexity index is 852. The average Bonchev–Trinajstić information content (AvgIpc) is 3.16. The molecule has 0 aliphatic carbocycles. The zero-order chi connectivity index (χ0) is 17.2. The molecule has 0 atom stereocenters. The van der Waals surface area contributed by atoms with E-state index in [-0.39, 0.29) is 0 Å². The molecule has 2 aromatic carbocycles. The predicted octanol–water partition coefficient (Wildman–Crippen LogP) is 3.26. The Labute approximate surface area is 144 Å². The lowest BCUT2D eigenvalue weighted by atomic mass is 10.0. The average molecular weight is 340 g/mol. The molecular formula is C18H16N2O5. The minimum absolute atomic E-state index is 0.294. The van der Waals surface area contributed by atoms with Crippen LogP contribution in [-0.2, 0) is 0 Å². The number of nitrogens with one attached hydrogen (secondary N) is 1. The second kappa shape index (κ2) is 6.37. The van der Waals surface area contributed by atoms with Gasteiger partial charge >= 0.3 is 0 Å². The Morgan fingerprint density at radius 2 is 1.80 bits per heavy atom. The summed E-state index contributed by atoms with van der Waals surface area (Å²) in [5.41, 5.74) is 6.00. The standard InChI is InChI=1S/C18H16N2O5/c1-21-14-5-4-12(8-16(14)22-2)18-13(9-24-20-18)11-3-6-15-17(7-11)23-10-19-25-15/h3-9,19H,10H2,1-2H3. The summed E-state index contributed by atoms with van der Waals surface area (Å²) >= 11 is 0. The van der Waals surface area contributed by atoms with Gasteiger partial charge in [-0.3, -0.25) is 0 Å². The van der Waals surface area contributed by atoms with Crippen LogP contribution in [0, 0.1) is 0 Å². The van der Waals surface area contributed by atoms with Gasteiger partial charge in [0.05, 0.1) is 14.2 Å². The van der Waals surface area contributed by atoms with E-state index in [2.05, 4.69) is 10.6 Å². The van der Waals surface area contributed by atoms with E-state index in [0.717, 1.165) is 16.7 Å². The molecule has 0 radical (unpaired) electrons. The van der Waals surface area contributed by atoms with Crippen molar-refractivity contribution in [1.82, 2.24) is 10.6 Å². The first-order valence-electron chi connectivity index (χ1n) is 7.64. The summed E-state index contributed by atoms with van der Waals surface area (Å²) < 4.78 is 21.4. The highest BCUT2D eigenvalue weighted by molar-refractivity contribution is 5.81. The van der Waals surface area contributed by atoms with Crippen LogP contribution in [0.25, 0.3) is 22.4 Å². The molecule has 0 saturated carbocycles. The van der Waals surface area contributed by atoms with Gasteiger partial charge in [0.25, 0.3) is 0 Å². The molecular weight excluding hydrogens is 324 g/mol.